The number of hydrogen-bond donors (Lipinski definition) is 2. The molecule has 1 rings (SSSR count). The Labute approximate surface area is 143 Å². The van der Waals surface area contributed by atoms with Gasteiger partial charge in [0.2, 0.25) is 0 Å². The lowest BCUT2D eigenvalue weighted by Gasteiger charge is -2.14. The molecule has 1 aromatic carbocycles. The van der Waals surface area contributed by atoms with E-state index in [1.807, 2.05) is 25.1 Å². The number of nitrogens with one attached hydrogen (secondary N) is 2. The first-order valence-electron chi connectivity index (χ1n) is 6.73. The lowest BCUT2D eigenvalue weighted by atomic mass is 10.1. The summed E-state index contributed by atoms with van der Waals surface area (Å²) in [6.45, 7) is 3.10. The molecule has 0 aliphatic rings. The predicted octanol–water partition coefficient (Wildman–Crippen LogP) is 1.82. The fourth-order valence-electron chi connectivity index (χ4n) is 1.72. The first-order valence-corrected chi connectivity index (χ1v) is 6.73. The molecule has 0 aliphatic carbocycles. The lowest BCUT2D eigenvalue weighted by molar-refractivity contribution is -0.144. The van der Waals surface area contributed by atoms with E-state index in [4.69, 9.17) is 0 Å². The van der Waals surface area contributed by atoms with Crippen LogP contribution in [0, 0.1) is 5.92 Å². The second kappa shape index (κ2) is 11.4. The van der Waals surface area contributed by atoms with E-state index < -0.39 is 0 Å². The third kappa shape index (κ3) is 7.89. The first-order chi connectivity index (χ1) is 9.67. The molecular weight excluding hydrogens is 381 g/mol. The van der Waals surface area contributed by atoms with Gasteiger partial charge in [-0.05, 0) is 12.0 Å². The number of esters is 1. The molecule has 118 valence electrons. The fourth-order valence-corrected chi connectivity index (χ4v) is 1.72. The molecule has 0 radical (unpaired) electrons. The van der Waals surface area contributed by atoms with Gasteiger partial charge in [0.25, 0.3) is 0 Å². The van der Waals surface area contributed by atoms with Crippen molar-refractivity contribution in [2.45, 2.75) is 13.3 Å². The van der Waals surface area contributed by atoms with Crippen molar-refractivity contribution in [2.24, 2.45) is 10.9 Å². The van der Waals surface area contributed by atoms with Crippen molar-refractivity contribution in [1.29, 1.82) is 0 Å². The summed E-state index contributed by atoms with van der Waals surface area (Å²) in [6, 6.07) is 10.3. The highest BCUT2D eigenvalue weighted by molar-refractivity contribution is 14.0. The predicted molar refractivity (Wildman–Crippen MR) is 96.1 cm³/mol. The van der Waals surface area contributed by atoms with Crippen LogP contribution in [0.25, 0.3) is 0 Å². The number of carbonyl (C=O) groups is 1. The normalized spacial score (nSPS) is 12.0. The number of benzene rings is 1. The molecule has 0 aliphatic heterocycles. The molecule has 0 spiro atoms. The molecule has 0 saturated heterocycles. The molecule has 1 unspecified atom stereocenters. The van der Waals surface area contributed by atoms with E-state index in [1.165, 1.54) is 12.7 Å². The van der Waals surface area contributed by atoms with Gasteiger partial charge in [-0.2, -0.15) is 0 Å². The number of rotatable bonds is 6. The maximum atomic E-state index is 11.3. The molecule has 0 amide bonds. The quantitative estimate of drug-likeness (QED) is 0.328. The van der Waals surface area contributed by atoms with Crippen LogP contribution in [0.5, 0.6) is 0 Å². The Morgan fingerprint density at radius 2 is 1.95 bits per heavy atom. The summed E-state index contributed by atoms with van der Waals surface area (Å²) in [7, 11) is 3.10. The Hall–Kier alpha value is -1.31. The van der Waals surface area contributed by atoms with Crippen LogP contribution in [-0.4, -0.2) is 39.2 Å². The van der Waals surface area contributed by atoms with Crippen molar-refractivity contribution in [3.63, 3.8) is 0 Å². The van der Waals surface area contributed by atoms with Gasteiger partial charge in [-0.1, -0.05) is 37.3 Å². The largest absolute Gasteiger partial charge is 0.469 e. The van der Waals surface area contributed by atoms with Crippen molar-refractivity contribution in [2.75, 3.05) is 27.2 Å². The smallest absolute Gasteiger partial charge is 0.310 e. The van der Waals surface area contributed by atoms with Gasteiger partial charge in [0, 0.05) is 20.1 Å². The first kappa shape index (κ1) is 19.7. The number of guanidine groups is 1. The molecule has 0 fully saturated rings. The van der Waals surface area contributed by atoms with Gasteiger partial charge in [0.1, 0.15) is 0 Å². The summed E-state index contributed by atoms with van der Waals surface area (Å²) in [5.41, 5.74) is 1.28. The second-order valence-corrected chi connectivity index (χ2v) is 4.54. The van der Waals surface area contributed by atoms with E-state index in [2.05, 4.69) is 32.5 Å². The van der Waals surface area contributed by atoms with E-state index in [-0.39, 0.29) is 35.9 Å². The lowest BCUT2D eigenvalue weighted by Crippen LogP contribution is -2.41. The molecule has 0 saturated carbocycles. The van der Waals surface area contributed by atoms with Crippen LogP contribution in [0.2, 0.25) is 0 Å². The summed E-state index contributed by atoms with van der Waals surface area (Å²) in [6.07, 6.45) is 0.925. The standard InChI is InChI=1S/C15H23N3O2.HI/c1-12(14(19)20-3)11-18-15(16-2)17-10-9-13-7-5-4-6-8-13;/h4-8,12H,9-11H2,1-3H3,(H2,16,17,18);1H. The number of ether oxygens (including phenoxy) is 1. The van der Waals surface area contributed by atoms with E-state index in [1.54, 1.807) is 7.05 Å². The average molecular weight is 405 g/mol. The second-order valence-electron chi connectivity index (χ2n) is 4.54. The summed E-state index contributed by atoms with van der Waals surface area (Å²) in [4.78, 5) is 15.4. The molecule has 5 nitrogen and oxygen atoms in total. The monoisotopic (exact) mass is 405 g/mol. The van der Waals surface area contributed by atoms with E-state index >= 15 is 0 Å². The molecule has 0 aromatic heterocycles. The zero-order valence-electron chi connectivity index (χ0n) is 12.8. The molecular formula is C15H24IN3O2. The Morgan fingerprint density at radius 1 is 1.29 bits per heavy atom. The van der Waals surface area contributed by atoms with Gasteiger partial charge in [-0.15, -0.1) is 24.0 Å². The number of carbonyl (C=O) groups excluding carboxylic acids is 1. The number of aliphatic imine (C=N–C) groups is 1. The van der Waals surface area contributed by atoms with E-state index in [0.717, 1.165) is 13.0 Å². The van der Waals surface area contributed by atoms with Crippen LogP contribution in [0.1, 0.15) is 12.5 Å². The molecule has 21 heavy (non-hydrogen) atoms. The summed E-state index contributed by atoms with van der Waals surface area (Å²) >= 11 is 0. The minimum atomic E-state index is -0.225. The van der Waals surface area contributed by atoms with Crippen LogP contribution in [0.15, 0.2) is 35.3 Å². The highest BCUT2D eigenvalue weighted by Gasteiger charge is 2.12. The van der Waals surface area contributed by atoms with Crippen molar-refractivity contribution in [1.82, 2.24) is 10.6 Å². The number of halogens is 1. The van der Waals surface area contributed by atoms with Gasteiger partial charge in [-0.3, -0.25) is 9.79 Å². The van der Waals surface area contributed by atoms with Crippen molar-refractivity contribution < 1.29 is 9.53 Å². The maximum absolute atomic E-state index is 11.3. The zero-order valence-corrected chi connectivity index (χ0v) is 15.1. The van der Waals surface area contributed by atoms with Crippen molar-refractivity contribution in [3.05, 3.63) is 35.9 Å². The van der Waals surface area contributed by atoms with Gasteiger partial charge in [0.15, 0.2) is 5.96 Å². The summed E-state index contributed by atoms with van der Waals surface area (Å²) in [5, 5.41) is 6.33. The van der Waals surface area contributed by atoms with Crippen LogP contribution in [-0.2, 0) is 16.0 Å². The van der Waals surface area contributed by atoms with Gasteiger partial charge in [0.05, 0.1) is 13.0 Å². The van der Waals surface area contributed by atoms with Crippen LogP contribution in [0.3, 0.4) is 0 Å². The molecule has 0 heterocycles. The zero-order chi connectivity index (χ0) is 14.8. The summed E-state index contributed by atoms with van der Waals surface area (Å²) in [5.74, 6) is 0.265. The summed E-state index contributed by atoms with van der Waals surface area (Å²) < 4.78 is 4.68. The third-order valence-corrected chi connectivity index (χ3v) is 2.95. The minimum absolute atomic E-state index is 0. The topological polar surface area (TPSA) is 62.7 Å². The Balaban J connectivity index is 0.00000400. The highest BCUT2D eigenvalue weighted by atomic mass is 127. The average Bonchev–Trinajstić information content (AvgIpc) is 2.50. The minimum Gasteiger partial charge on any atom is -0.469 e. The Bertz CT molecular complexity index is 438. The molecule has 1 atom stereocenters. The number of methoxy groups -OCH3 is 1. The Kier molecular flexibility index (Phi) is 10.7. The van der Waals surface area contributed by atoms with Crippen LogP contribution < -0.4 is 10.6 Å². The van der Waals surface area contributed by atoms with Gasteiger partial charge in [-0.25, -0.2) is 0 Å². The van der Waals surface area contributed by atoms with Gasteiger partial charge < -0.3 is 15.4 Å². The van der Waals surface area contributed by atoms with Crippen LogP contribution >= 0.6 is 24.0 Å². The Morgan fingerprint density at radius 3 is 2.52 bits per heavy atom. The maximum Gasteiger partial charge on any atom is 0.310 e. The van der Waals surface area contributed by atoms with Crippen molar-refractivity contribution in [3.8, 4) is 0 Å². The molecule has 6 heteroatoms. The fraction of sp³-hybridized carbons (Fsp3) is 0.467. The molecule has 1 aromatic rings. The van der Waals surface area contributed by atoms with Crippen molar-refractivity contribution >= 4 is 35.9 Å². The highest BCUT2D eigenvalue weighted by Crippen LogP contribution is 1.98. The van der Waals surface area contributed by atoms with E-state index in [9.17, 15) is 4.79 Å². The number of hydrogen-bond acceptors (Lipinski definition) is 3. The van der Waals surface area contributed by atoms with Gasteiger partial charge >= 0.3 is 5.97 Å². The van der Waals surface area contributed by atoms with E-state index in [0.29, 0.717) is 12.5 Å². The SMILES string of the molecule is CN=C(NCCc1ccccc1)NCC(C)C(=O)OC.I. The molecule has 2 N–H and O–H groups in total. The number of nitrogens with zero attached hydrogens (tertiary/aromatic N) is 1. The molecule has 0 bridgehead atoms. The third-order valence-electron chi connectivity index (χ3n) is 2.95. The van der Waals surface area contributed by atoms with Crippen LogP contribution in [0.4, 0.5) is 0 Å².